The lowest BCUT2D eigenvalue weighted by atomic mass is 10.1. The number of unbranched alkanes of at least 4 members (excludes halogenated alkanes) is 7. The normalized spacial score (nSPS) is 11.8. The zero-order valence-corrected chi connectivity index (χ0v) is 16.3. The van der Waals surface area contributed by atoms with Crippen LogP contribution in [-0.4, -0.2) is 18.9 Å². The zero-order chi connectivity index (χ0) is 19.3. The SMILES string of the molecule is CCCCCCCCCC=CCCC(=O)Oc1ccc(S(=O)(=O)O)cc1. The fourth-order valence-corrected chi connectivity index (χ4v) is 3.00. The van der Waals surface area contributed by atoms with Crippen molar-refractivity contribution in [2.24, 2.45) is 0 Å². The first kappa shape index (κ1) is 22.4. The lowest BCUT2D eigenvalue weighted by Gasteiger charge is -2.04. The van der Waals surface area contributed by atoms with Crippen molar-refractivity contribution in [1.82, 2.24) is 0 Å². The molecule has 1 aromatic rings. The van der Waals surface area contributed by atoms with Gasteiger partial charge < -0.3 is 4.74 Å². The maximum Gasteiger partial charge on any atom is 0.311 e. The Morgan fingerprint density at radius 1 is 0.962 bits per heavy atom. The van der Waals surface area contributed by atoms with Gasteiger partial charge in [0.05, 0.1) is 4.90 Å². The van der Waals surface area contributed by atoms with Crippen molar-refractivity contribution in [3.63, 3.8) is 0 Å². The topological polar surface area (TPSA) is 80.7 Å². The molecular formula is C20H30O5S. The number of ether oxygens (including phenoxy) is 1. The first-order valence-electron chi connectivity index (χ1n) is 9.36. The van der Waals surface area contributed by atoms with E-state index in [1.54, 1.807) is 0 Å². The fourth-order valence-electron chi connectivity index (χ4n) is 2.52. The minimum Gasteiger partial charge on any atom is -0.427 e. The van der Waals surface area contributed by atoms with E-state index in [4.69, 9.17) is 9.29 Å². The van der Waals surface area contributed by atoms with Gasteiger partial charge in [0.2, 0.25) is 0 Å². The van der Waals surface area contributed by atoms with Crippen LogP contribution in [0.2, 0.25) is 0 Å². The molecule has 5 nitrogen and oxygen atoms in total. The van der Waals surface area contributed by atoms with E-state index in [1.807, 2.05) is 6.08 Å². The molecule has 0 bridgehead atoms. The summed E-state index contributed by atoms with van der Waals surface area (Å²) in [6.07, 6.45) is 15.1. The predicted molar refractivity (Wildman–Crippen MR) is 103 cm³/mol. The Morgan fingerprint density at radius 3 is 2.15 bits per heavy atom. The second-order valence-corrected chi connectivity index (χ2v) is 7.76. The summed E-state index contributed by atoms with van der Waals surface area (Å²) in [6.45, 7) is 2.22. The van der Waals surface area contributed by atoms with Crippen molar-refractivity contribution >= 4 is 16.1 Å². The van der Waals surface area contributed by atoms with Gasteiger partial charge in [-0.15, -0.1) is 0 Å². The van der Waals surface area contributed by atoms with E-state index in [2.05, 4.69) is 13.0 Å². The Morgan fingerprint density at radius 2 is 1.54 bits per heavy atom. The molecule has 1 aromatic carbocycles. The number of hydrogen-bond donors (Lipinski definition) is 1. The molecule has 1 N–H and O–H groups in total. The van der Waals surface area contributed by atoms with Gasteiger partial charge in [0, 0.05) is 6.42 Å². The molecule has 0 unspecified atom stereocenters. The van der Waals surface area contributed by atoms with Crippen LogP contribution in [0, 0.1) is 0 Å². The molecule has 0 atom stereocenters. The minimum atomic E-state index is -4.23. The molecule has 0 aliphatic carbocycles. The average Bonchev–Trinajstić information content (AvgIpc) is 2.59. The first-order valence-corrected chi connectivity index (χ1v) is 10.8. The van der Waals surface area contributed by atoms with Crippen LogP contribution in [-0.2, 0) is 14.9 Å². The molecule has 0 aliphatic heterocycles. The van der Waals surface area contributed by atoms with E-state index in [0.717, 1.165) is 6.42 Å². The summed E-state index contributed by atoms with van der Waals surface area (Å²) in [7, 11) is -4.23. The molecule has 1 rings (SSSR count). The highest BCUT2D eigenvalue weighted by atomic mass is 32.2. The Hall–Kier alpha value is -1.66. The molecule has 0 spiro atoms. The van der Waals surface area contributed by atoms with Crippen molar-refractivity contribution in [3.05, 3.63) is 36.4 Å². The Balaban J connectivity index is 2.13. The van der Waals surface area contributed by atoms with Gasteiger partial charge in [-0.05, 0) is 43.5 Å². The maximum atomic E-state index is 11.7. The molecule has 6 heteroatoms. The molecular weight excluding hydrogens is 352 g/mol. The number of carbonyl (C=O) groups excluding carboxylic acids is 1. The third-order valence-corrected chi connectivity index (χ3v) is 4.88. The number of benzene rings is 1. The number of esters is 1. The highest BCUT2D eigenvalue weighted by Gasteiger charge is 2.10. The zero-order valence-electron chi connectivity index (χ0n) is 15.5. The molecule has 0 saturated carbocycles. The third-order valence-electron chi connectivity index (χ3n) is 4.01. The predicted octanol–water partition coefficient (Wildman–Crippen LogP) is 5.32. The number of allylic oxidation sites excluding steroid dienone is 2. The molecule has 0 heterocycles. The quantitative estimate of drug-likeness (QED) is 0.164. The highest BCUT2D eigenvalue weighted by Crippen LogP contribution is 2.16. The van der Waals surface area contributed by atoms with E-state index in [9.17, 15) is 13.2 Å². The van der Waals surface area contributed by atoms with Gasteiger partial charge in [0.25, 0.3) is 10.1 Å². The third kappa shape index (κ3) is 10.4. The standard InChI is InChI=1S/C20H30O5S/c1-2-3-4-5-6-7-8-9-10-11-12-13-20(21)25-18-14-16-19(17-15-18)26(22,23)24/h10-11,14-17H,2-9,12-13H2,1H3,(H,22,23,24). The molecule has 0 saturated heterocycles. The molecule has 26 heavy (non-hydrogen) atoms. The monoisotopic (exact) mass is 382 g/mol. The van der Waals surface area contributed by atoms with Crippen LogP contribution >= 0.6 is 0 Å². The summed E-state index contributed by atoms with van der Waals surface area (Å²) < 4.78 is 35.9. The summed E-state index contributed by atoms with van der Waals surface area (Å²) in [5, 5.41) is 0. The Kier molecular flexibility index (Phi) is 10.9. The molecule has 146 valence electrons. The average molecular weight is 383 g/mol. The number of carbonyl (C=O) groups is 1. The molecule has 0 aromatic heterocycles. The molecule has 0 radical (unpaired) electrons. The van der Waals surface area contributed by atoms with E-state index in [0.29, 0.717) is 6.42 Å². The van der Waals surface area contributed by atoms with Gasteiger partial charge in [-0.2, -0.15) is 8.42 Å². The fraction of sp³-hybridized carbons (Fsp3) is 0.550. The lowest BCUT2D eigenvalue weighted by Crippen LogP contribution is -2.07. The largest absolute Gasteiger partial charge is 0.427 e. The van der Waals surface area contributed by atoms with Gasteiger partial charge in [0.15, 0.2) is 0 Å². The van der Waals surface area contributed by atoms with Crippen LogP contribution < -0.4 is 4.74 Å². The van der Waals surface area contributed by atoms with Crippen LogP contribution in [0.5, 0.6) is 5.75 Å². The van der Waals surface area contributed by atoms with Gasteiger partial charge in [-0.3, -0.25) is 9.35 Å². The molecule has 0 fully saturated rings. The van der Waals surface area contributed by atoms with Gasteiger partial charge in [-0.25, -0.2) is 0 Å². The van der Waals surface area contributed by atoms with Crippen LogP contribution in [0.3, 0.4) is 0 Å². The van der Waals surface area contributed by atoms with Crippen molar-refractivity contribution in [1.29, 1.82) is 0 Å². The summed E-state index contributed by atoms with van der Waals surface area (Å²) in [5.74, 6) is -0.111. The van der Waals surface area contributed by atoms with Crippen molar-refractivity contribution in [2.75, 3.05) is 0 Å². The minimum absolute atomic E-state index is 0.231. The van der Waals surface area contributed by atoms with Crippen LogP contribution in [0.15, 0.2) is 41.3 Å². The summed E-state index contributed by atoms with van der Waals surface area (Å²) in [6, 6.07) is 5.08. The Bertz CT molecular complexity index is 647. The molecule has 0 aliphatic rings. The van der Waals surface area contributed by atoms with E-state index in [-0.39, 0.29) is 23.0 Å². The van der Waals surface area contributed by atoms with Gasteiger partial charge in [0.1, 0.15) is 5.75 Å². The maximum absolute atomic E-state index is 11.7. The number of hydrogen-bond acceptors (Lipinski definition) is 4. The van der Waals surface area contributed by atoms with E-state index in [1.165, 1.54) is 69.2 Å². The van der Waals surface area contributed by atoms with Gasteiger partial charge >= 0.3 is 5.97 Å². The second kappa shape index (κ2) is 12.7. The smallest absolute Gasteiger partial charge is 0.311 e. The number of rotatable bonds is 13. The van der Waals surface area contributed by atoms with Crippen molar-refractivity contribution < 1.29 is 22.5 Å². The van der Waals surface area contributed by atoms with Gasteiger partial charge in [-0.1, -0.05) is 57.6 Å². The van der Waals surface area contributed by atoms with Crippen molar-refractivity contribution in [3.8, 4) is 5.75 Å². The summed E-state index contributed by atoms with van der Waals surface area (Å²) in [4.78, 5) is 11.5. The van der Waals surface area contributed by atoms with Crippen LogP contribution in [0.1, 0.15) is 71.1 Å². The lowest BCUT2D eigenvalue weighted by molar-refractivity contribution is -0.134. The second-order valence-electron chi connectivity index (χ2n) is 6.34. The van der Waals surface area contributed by atoms with Crippen molar-refractivity contribution in [2.45, 2.75) is 76.0 Å². The van der Waals surface area contributed by atoms with E-state index < -0.39 is 10.1 Å². The molecule has 0 amide bonds. The summed E-state index contributed by atoms with van der Waals surface area (Å²) in [5.41, 5.74) is 0. The van der Waals surface area contributed by atoms with E-state index >= 15 is 0 Å². The first-order chi connectivity index (χ1) is 12.4. The van der Waals surface area contributed by atoms with Crippen LogP contribution in [0.4, 0.5) is 0 Å². The van der Waals surface area contributed by atoms with Crippen LogP contribution in [0.25, 0.3) is 0 Å². The summed E-state index contributed by atoms with van der Waals surface area (Å²) >= 11 is 0. The highest BCUT2D eigenvalue weighted by molar-refractivity contribution is 7.85. The Labute approximate surface area is 157 Å².